The first-order chi connectivity index (χ1) is 9.65. The summed E-state index contributed by atoms with van der Waals surface area (Å²) in [5.41, 5.74) is 0.557. The number of aliphatic hydroxyl groups excluding tert-OH is 1. The Labute approximate surface area is 120 Å². The number of hydrogen-bond acceptors (Lipinski definition) is 4. The third-order valence-corrected chi connectivity index (χ3v) is 4.05. The minimum atomic E-state index is -0.485. The molecule has 1 saturated carbocycles. The Balaban J connectivity index is 2.15. The Morgan fingerprint density at radius 1 is 1.45 bits per heavy atom. The molecule has 2 rings (SSSR count). The van der Waals surface area contributed by atoms with Gasteiger partial charge in [-0.1, -0.05) is 30.3 Å². The van der Waals surface area contributed by atoms with E-state index >= 15 is 0 Å². The normalized spacial score (nSPS) is 24.7. The van der Waals surface area contributed by atoms with Crippen LogP contribution in [-0.2, 0) is 14.9 Å². The molecular formula is C16H23NO3. The van der Waals surface area contributed by atoms with Crippen molar-refractivity contribution in [2.75, 3.05) is 33.4 Å². The van der Waals surface area contributed by atoms with Gasteiger partial charge in [0, 0.05) is 13.1 Å². The second kappa shape index (κ2) is 6.37. The topological polar surface area (TPSA) is 49.8 Å². The van der Waals surface area contributed by atoms with Gasteiger partial charge in [-0.15, -0.1) is 0 Å². The van der Waals surface area contributed by atoms with E-state index in [-0.39, 0.29) is 18.5 Å². The maximum Gasteiger partial charge on any atom is 0.316 e. The highest BCUT2D eigenvalue weighted by Crippen LogP contribution is 2.55. The van der Waals surface area contributed by atoms with Crippen molar-refractivity contribution in [2.24, 2.45) is 5.92 Å². The van der Waals surface area contributed by atoms with E-state index in [9.17, 15) is 4.79 Å². The number of hydrogen-bond donors (Lipinski definition) is 1. The highest BCUT2D eigenvalue weighted by atomic mass is 16.5. The number of esters is 1. The van der Waals surface area contributed by atoms with E-state index in [2.05, 4.69) is 4.90 Å². The van der Waals surface area contributed by atoms with Crippen LogP contribution in [0.1, 0.15) is 18.9 Å². The molecule has 1 aromatic rings. The second-order valence-corrected chi connectivity index (χ2v) is 5.44. The summed E-state index contributed by atoms with van der Waals surface area (Å²) >= 11 is 0. The first kappa shape index (κ1) is 15.0. The van der Waals surface area contributed by atoms with Crippen molar-refractivity contribution in [3.8, 4) is 0 Å². The molecule has 1 aromatic carbocycles. The Morgan fingerprint density at radius 3 is 2.75 bits per heavy atom. The van der Waals surface area contributed by atoms with Gasteiger partial charge in [0.25, 0.3) is 0 Å². The number of carbonyl (C=O) groups is 1. The Hall–Kier alpha value is -1.39. The van der Waals surface area contributed by atoms with Crippen LogP contribution in [0.5, 0.6) is 0 Å². The van der Waals surface area contributed by atoms with Crippen molar-refractivity contribution < 1.29 is 14.6 Å². The van der Waals surface area contributed by atoms with E-state index in [1.54, 1.807) is 0 Å². The Bertz CT molecular complexity index is 448. The molecule has 1 aliphatic rings. The number of benzene rings is 1. The summed E-state index contributed by atoms with van der Waals surface area (Å²) in [7, 11) is 1.97. The van der Waals surface area contributed by atoms with E-state index in [4.69, 9.17) is 9.84 Å². The Kier molecular flexibility index (Phi) is 4.78. The SMILES string of the molecule is CCOC(=O)[C@@]1(c2ccccc2)CC1CN(C)CCO. The summed E-state index contributed by atoms with van der Waals surface area (Å²) in [5, 5.41) is 8.98. The zero-order valence-electron chi connectivity index (χ0n) is 12.2. The maximum absolute atomic E-state index is 12.4. The third-order valence-electron chi connectivity index (χ3n) is 4.05. The lowest BCUT2D eigenvalue weighted by molar-refractivity contribution is -0.146. The highest BCUT2D eigenvalue weighted by molar-refractivity contribution is 5.87. The molecule has 1 unspecified atom stereocenters. The molecule has 1 aliphatic carbocycles. The summed E-state index contributed by atoms with van der Waals surface area (Å²) in [5.74, 6) is 0.147. The van der Waals surface area contributed by atoms with E-state index in [1.807, 2.05) is 44.3 Å². The monoisotopic (exact) mass is 277 g/mol. The summed E-state index contributed by atoms with van der Waals surface area (Å²) in [6.07, 6.45) is 0.825. The minimum absolute atomic E-state index is 0.117. The van der Waals surface area contributed by atoms with E-state index in [1.165, 1.54) is 0 Å². The van der Waals surface area contributed by atoms with E-state index in [0.29, 0.717) is 13.2 Å². The summed E-state index contributed by atoms with van der Waals surface area (Å²) in [6.45, 7) is 3.82. The summed E-state index contributed by atoms with van der Waals surface area (Å²) in [4.78, 5) is 14.5. The quantitative estimate of drug-likeness (QED) is 0.766. The van der Waals surface area contributed by atoms with Crippen LogP contribution in [0.15, 0.2) is 30.3 Å². The first-order valence-electron chi connectivity index (χ1n) is 7.17. The number of rotatable bonds is 7. The number of likely N-dealkylation sites (N-methyl/N-ethyl adjacent to an activating group) is 1. The molecular weight excluding hydrogens is 254 g/mol. The lowest BCUT2D eigenvalue weighted by Crippen LogP contribution is -2.31. The molecule has 0 radical (unpaired) electrons. The lowest BCUT2D eigenvalue weighted by atomic mass is 9.93. The molecule has 1 N–H and O–H groups in total. The number of carbonyl (C=O) groups excluding carboxylic acids is 1. The standard InChI is InChI=1S/C16H23NO3/c1-3-20-15(19)16(13-7-5-4-6-8-13)11-14(16)12-17(2)9-10-18/h4-8,14,18H,3,9-12H2,1-2H3/t14?,16-/m1/s1. The van der Waals surface area contributed by atoms with Crippen molar-refractivity contribution in [1.29, 1.82) is 0 Å². The molecule has 0 aromatic heterocycles. The van der Waals surface area contributed by atoms with Gasteiger partial charge in [-0.05, 0) is 31.9 Å². The summed E-state index contributed by atoms with van der Waals surface area (Å²) in [6, 6.07) is 9.88. The minimum Gasteiger partial charge on any atom is -0.465 e. The van der Waals surface area contributed by atoms with Gasteiger partial charge in [0.1, 0.15) is 0 Å². The van der Waals surface area contributed by atoms with Crippen molar-refractivity contribution in [3.05, 3.63) is 35.9 Å². The van der Waals surface area contributed by atoms with Gasteiger partial charge >= 0.3 is 5.97 Å². The average Bonchev–Trinajstić information content (AvgIpc) is 3.15. The zero-order valence-corrected chi connectivity index (χ0v) is 12.2. The molecule has 4 nitrogen and oxygen atoms in total. The lowest BCUT2D eigenvalue weighted by Gasteiger charge is -2.20. The van der Waals surface area contributed by atoms with Crippen LogP contribution < -0.4 is 0 Å². The fourth-order valence-electron chi connectivity index (χ4n) is 2.91. The molecule has 0 bridgehead atoms. The molecule has 0 spiro atoms. The van der Waals surface area contributed by atoms with Crippen molar-refractivity contribution in [1.82, 2.24) is 4.90 Å². The number of aliphatic hydroxyl groups is 1. The van der Waals surface area contributed by atoms with Crippen LogP contribution >= 0.6 is 0 Å². The molecule has 110 valence electrons. The smallest absolute Gasteiger partial charge is 0.316 e. The van der Waals surface area contributed by atoms with Crippen LogP contribution in [-0.4, -0.2) is 49.3 Å². The number of nitrogens with zero attached hydrogens (tertiary/aromatic N) is 1. The van der Waals surface area contributed by atoms with Crippen LogP contribution in [0.2, 0.25) is 0 Å². The largest absolute Gasteiger partial charge is 0.465 e. The van der Waals surface area contributed by atoms with Gasteiger partial charge in [-0.25, -0.2) is 0 Å². The van der Waals surface area contributed by atoms with E-state index in [0.717, 1.165) is 18.5 Å². The fraction of sp³-hybridized carbons (Fsp3) is 0.562. The molecule has 2 atom stereocenters. The first-order valence-corrected chi connectivity index (χ1v) is 7.17. The van der Waals surface area contributed by atoms with Crippen LogP contribution in [0.3, 0.4) is 0 Å². The third kappa shape index (κ3) is 2.86. The highest BCUT2D eigenvalue weighted by Gasteiger charge is 2.62. The predicted octanol–water partition coefficient (Wildman–Crippen LogP) is 1.43. The predicted molar refractivity (Wildman–Crippen MR) is 77.4 cm³/mol. The molecule has 0 saturated heterocycles. The zero-order chi connectivity index (χ0) is 14.6. The maximum atomic E-state index is 12.4. The second-order valence-electron chi connectivity index (χ2n) is 5.44. The van der Waals surface area contributed by atoms with Crippen LogP contribution in [0.25, 0.3) is 0 Å². The summed E-state index contributed by atoms with van der Waals surface area (Å²) < 4.78 is 5.29. The molecule has 1 fully saturated rings. The van der Waals surface area contributed by atoms with Gasteiger partial charge in [0.2, 0.25) is 0 Å². The molecule has 4 heteroatoms. The van der Waals surface area contributed by atoms with Gasteiger partial charge in [0.15, 0.2) is 0 Å². The van der Waals surface area contributed by atoms with Crippen molar-refractivity contribution in [3.63, 3.8) is 0 Å². The van der Waals surface area contributed by atoms with Gasteiger partial charge in [0.05, 0.1) is 18.6 Å². The Morgan fingerprint density at radius 2 is 2.15 bits per heavy atom. The van der Waals surface area contributed by atoms with Gasteiger partial charge in [-0.2, -0.15) is 0 Å². The van der Waals surface area contributed by atoms with Crippen molar-refractivity contribution in [2.45, 2.75) is 18.8 Å². The molecule has 20 heavy (non-hydrogen) atoms. The van der Waals surface area contributed by atoms with Crippen LogP contribution in [0.4, 0.5) is 0 Å². The average molecular weight is 277 g/mol. The number of ether oxygens (including phenoxy) is 1. The van der Waals surface area contributed by atoms with Gasteiger partial charge < -0.3 is 14.7 Å². The van der Waals surface area contributed by atoms with Crippen LogP contribution in [0, 0.1) is 5.92 Å². The molecule has 0 heterocycles. The van der Waals surface area contributed by atoms with Crippen molar-refractivity contribution >= 4 is 5.97 Å². The van der Waals surface area contributed by atoms with Gasteiger partial charge in [-0.3, -0.25) is 4.79 Å². The molecule has 0 amide bonds. The molecule has 0 aliphatic heterocycles. The van der Waals surface area contributed by atoms with E-state index < -0.39 is 5.41 Å². The fourth-order valence-corrected chi connectivity index (χ4v) is 2.91.